The van der Waals surface area contributed by atoms with Crippen LogP contribution < -0.4 is 0 Å². The summed E-state index contributed by atoms with van der Waals surface area (Å²) in [6.07, 6.45) is 0. The third-order valence-electron chi connectivity index (χ3n) is 2.58. The molecular weight excluding hydrogens is 198 g/mol. The Kier molecular flexibility index (Phi) is 5.01. The number of aliphatic carboxylic acids is 1. The van der Waals surface area contributed by atoms with Gasteiger partial charge in [0.05, 0.1) is 19.8 Å². The van der Waals surface area contributed by atoms with Crippen LogP contribution in [0.1, 0.15) is 13.8 Å². The van der Waals surface area contributed by atoms with Crippen LogP contribution in [0, 0.1) is 0 Å². The molecule has 1 fully saturated rings. The van der Waals surface area contributed by atoms with Crippen LogP contribution in [0.2, 0.25) is 0 Å². The molecule has 0 aromatic rings. The fourth-order valence-electron chi connectivity index (χ4n) is 1.74. The summed E-state index contributed by atoms with van der Waals surface area (Å²) in [6, 6.07) is -0.413. The van der Waals surface area contributed by atoms with E-state index in [4.69, 9.17) is 14.6 Å². The molecule has 1 aliphatic heterocycles. The SMILES string of the molecule is CCOCC(C)N1CCOCC1C(=O)O. The van der Waals surface area contributed by atoms with E-state index in [1.54, 1.807) is 0 Å². The molecule has 88 valence electrons. The van der Waals surface area contributed by atoms with Crippen LogP contribution in [-0.2, 0) is 14.3 Å². The molecule has 0 aromatic heterocycles. The third kappa shape index (κ3) is 3.44. The standard InChI is InChI=1S/C10H19NO4/c1-3-14-6-8(2)11-4-5-15-7-9(11)10(12)13/h8-9H,3-7H2,1-2H3,(H,12,13). The minimum absolute atomic E-state index is 0.120. The van der Waals surface area contributed by atoms with E-state index < -0.39 is 12.0 Å². The molecule has 0 radical (unpaired) electrons. The van der Waals surface area contributed by atoms with Crippen LogP contribution >= 0.6 is 0 Å². The molecule has 15 heavy (non-hydrogen) atoms. The van der Waals surface area contributed by atoms with Gasteiger partial charge in [0.1, 0.15) is 6.04 Å². The summed E-state index contributed by atoms with van der Waals surface area (Å²) in [5, 5.41) is 9.02. The van der Waals surface area contributed by atoms with Crippen molar-refractivity contribution in [1.29, 1.82) is 0 Å². The monoisotopic (exact) mass is 217 g/mol. The molecule has 0 saturated carbocycles. The normalized spacial score (nSPS) is 25.1. The zero-order valence-electron chi connectivity index (χ0n) is 9.31. The van der Waals surface area contributed by atoms with Crippen molar-refractivity contribution in [1.82, 2.24) is 4.90 Å². The molecular formula is C10H19NO4. The third-order valence-corrected chi connectivity index (χ3v) is 2.58. The number of carboxylic acids is 1. The minimum Gasteiger partial charge on any atom is -0.480 e. The van der Waals surface area contributed by atoms with Crippen molar-refractivity contribution in [3.05, 3.63) is 0 Å². The van der Waals surface area contributed by atoms with Gasteiger partial charge in [-0.25, -0.2) is 0 Å². The number of morpholine rings is 1. The predicted octanol–water partition coefficient (Wildman–Crippen LogP) is 0.197. The summed E-state index contributed by atoms with van der Waals surface area (Å²) in [5.74, 6) is -0.821. The van der Waals surface area contributed by atoms with Crippen molar-refractivity contribution < 1.29 is 19.4 Å². The second kappa shape index (κ2) is 6.05. The van der Waals surface area contributed by atoms with Gasteiger partial charge in [-0.3, -0.25) is 9.69 Å². The number of carboxylic acid groups (broad SMARTS) is 1. The molecule has 1 rings (SSSR count). The molecule has 1 aliphatic rings. The highest BCUT2D eigenvalue weighted by Crippen LogP contribution is 2.11. The van der Waals surface area contributed by atoms with Crippen molar-refractivity contribution in [2.45, 2.75) is 25.9 Å². The highest BCUT2D eigenvalue weighted by molar-refractivity contribution is 5.73. The summed E-state index contributed by atoms with van der Waals surface area (Å²) in [5.41, 5.74) is 0. The van der Waals surface area contributed by atoms with E-state index in [1.807, 2.05) is 18.7 Å². The molecule has 0 aliphatic carbocycles. The summed E-state index contributed by atoms with van der Waals surface area (Å²) in [4.78, 5) is 12.9. The minimum atomic E-state index is -0.821. The number of ether oxygens (including phenoxy) is 2. The molecule has 1 N–H and O–H groups in total. The summed E-state index contributed by atoms with van der Waals surface area (Å²) in [6.45, 7) is 6.67. The lowest BCUT2D eigenvalue weighted by atomic mass is 10.1. The fraction of sp³-hybridized carbons (Fsp3) is 0.900. The number of hydrogen-bond donors (Lipinski definition) is 1. The Bertz CT molecular complexity index is 210. The van der Waals surface area contributed by atoms with Crippen molar-refractivity contribution in [2.75, 3.05) is 33.0 Å². The second-order valence-corrected chi connectivity index (χ2v) is 3.68. The van der Waals surface area contributed by atoms with Crippen LogP contribution in [0.15, 0.2) is 0 Å². The first kappa shape index (κ1) is 12.4. The van der Waals surface area contributed by atoms with E-state index in [-0.39, 0.29) is 12.6 Å². The van der Waals surface area contributed by atoms with Crippen molar-refractivity contribution in [3.8, 4) is 0 Å². The van der Waals surface area contributed by atoms with E-state index in [2.05, 4.69) is 0 Å². The maximum absolute atomic E-state index is 11.0. The van der Waals surface area contributed by atoms with Gasteiger partial charge < -0.3 is 14.6 Å². The smallest absolute Gasteiger partial charge is 0.323 e. The maximum atomic E-state index is 11.0. The Morgan fingerprint density at radius 1 is 1.73 bits per heavy atom. The Labute approximate surface area is 90.0 Å². The first-order chi connectivity index (χ1) is 7.16. The molecule has 2 atom stereocenters. The molecule has 5 heteroatoms. The molecule has 0 spiro atoms. The van der Waals surface area contributed by atoms with Crippen LogP contribution in [-0.4, -0.2) is 61.0 Å². The Balaban J connectivity index is 2.51. The van der Waals surface area contributed by atoms with E-state index in [0.29, 0.717) is 26.4 Å². The van der Waals surface area contributed by atoms with Crippen LogP contribution in [0.4, 0.5) is 0 Å². The summed E-state index contributed by atoms with van der Waals surface area (Å²) >= 11 is 0. The van der Waals surface area contributed by atoms with Crippen molar-refractivity contribution >= 4 is 5.97 Å². The first-order valence-electron chi connectivity index (χ1n) is 5.30. The summed E-state index contributed by atoms with van der Waals surface area (Å²) in [7, 11) is 0. The Morgan fingerprint density at radius 3 is 3.07 bits per heavy atom. The quantitative estimate of drug-likeness (QED) is 0.712. The van der Waals surface area contributed by atoms with E-state index in [9.17, 15) is 4.79 Å². The van der Waals surface area contributed by atoms with E-state index in [0.717, 1.165) is 0 Å². The lowest BCUT2D eigenvalue weighted by molar-refractivity contribution is -0.152. The van der Waals surface area contributed by atoms with Gasteiger partial charge in [0.2, 0.25) is 0 Å². The molecule has 0 amide bonds. The number of rotatable bonds is 5. The van der Waals surface area contributed by atoms with Gasteiger partial charge in [-0.1, -0.05) is 0 Å². The topological polar surface area (TPSA) is 59.0 Å². The lowest BCUT2D eigenvalue weighted by Gasteiger charge is -2.37. The van der Waals surface area contributed by atoms with E-state index >= 15 is 0 Å². The lowest BCUT2D eigenvalue weighted by Crippen LogP contribution is -2.54. The van der Waals surface area contributed by atoms with Gasteiger partial charge in [0.15, 0.2) is 0 Å². The number of nitrogens with zero attached hydrogens (tertiary/aromatic N) is 1. The van der Waals surface area contributed by atoms with Gasteiger partial charge >= 0.3 is 5.97 Å². The van der Waals surface area contributed by atoms with E-state index in [1.165, 1.54) is 0 Å². The fourth-order valence-corrected chi connectivity index (χ4v) is 1.74. The summed E-state index contributed by atoms with van der Waals surface area (Å²) < 4.78 is 10.5. The molecule has 5 nitrogen and oxygen atoms in total. The zero-order chi connectivity index (χ0) is 11.3. The van der Waals surface area contributed by atoms with Crippen LogP contribution in [0.5, 0.6) is 0 Å². The van der Waals surface area contributed by atoms with Crippen molar-refractivity contribution in [3.63, 3.8) is 0 Å². The first-order valence-corrected chi connectivity index (χ1v) is 5.30. The Hall–Kier alpha value is -0.650. The number of hydrogen-bond acceptors (Lipinski definition) is 4. The van der Waals surface area contributed by atoms with Crippen LogP contribution in [0.3, 0.4) is 0 Å². The molecule has 1 saturated heterocycles. The van der Waals surface area contributed by atoms with Gasteiger partial charge in [0.25, 0.3) is 0 Å². The molecule has 0 aromatic carbocycles. The van der Waals surface area contributed by atoms with Crippen molar-refractivity contribution in [2.24, 2.45) is 0 Å². The average molecular weight is 217 g/mol. The van der Waals surface area contributed by atoms with Crippen LogP contribution in [0.25, 0.3) is 0 Å². The zero-order valence-corrected chi connectivity index (χ0v) is 9.31. The maximum Gasteiger partial charge on any atom is 0.323 e. The van der Waals surface area contributed by atoms with Gasteiger partial charge in [-0.15, -0.1) is 0 Å². The largest absolute Gasteiger partial charge is 0.480 e. The predicted molar refractivity (Wildman–Crippen MR) is 54.9 cm³/mol. The van der Waals surface area contributed by atoms with Gasteiger partial charge in [0, 0.05) is 19.2 Å². The number of carbonyl (C=O) groups is 1. The molecule has 2 unspecified atom stereocenters. The molecule has 1 heterocycles. The average Bonchev–Trinajstić information content (AvgIpc) is 2.25. The van der Waals surface area contributed by atoms with Gasteiger partial charge in [-0.05, 0) is 13.8 Å². The Morgan fingerprint density at radius 2 is 2.47 bits per heavy atom. The molecule has 0 bridgehead atoms. The second-order valence-electron chi connectivity index (χ2n) is 3.68. The van der Waals surface area contributed by atoms with Gasteiger partial charge in [-0.2, -0.15) is 0 Å². The highest BCUT2D eigenvalue weighted by atomic mass is 16.5. The highest BCUT2D eigenvalue weighted by Gasteiger charge is 2.32.